The maximum absolute atomic E-state index is 14.0. The van der Waals surface area contributed by atoms with E-state index < -0.39 is 53.9 Å². The van der Waals surface area contributed by atoms with Crippen LogP contribution in [0, 0.1) is 11.8 Å². The van der Waals surface area contributed by atoms with Crippen LogP contribution in [0.4, 0.5) is 4.79 Å². The van der Waals surface area contributed by atoms with E-state index in [2.05, 4.69) is 16.0 Å². The number of primary amides is 1. The van der Waals surface area contributed by atoms with Crippen LogP contribution in [0.3, 0.4) is 0 Å². The zero-order valence-electron chi connectivity index (χ0n) is 34.7. The number of nitrogens with one attached hydrogen (secondary N) is 3. The minimum atomic E-state index is -1.01. The molecule has 0 saturated carbocycles. The molecule has 1 heterocycles. The lowest BCUT2D eigenvalue weighted by molar-refractivity contribution is -0.120. The fraction of sp³-hybridized carbons (Fsp3) is 0.477. The normalized spacial score (nSPS) is 26.1. The molecule has 0 aromatic heterocycles. The number of para-hydroxylation sites is 1. The minimum absolute atomic E-state index is 0.140. The van der Waals surface area contributed by atoms with Gasteiger partial charge in [-0.3, -0.25) is 19.2 Å². The molecule has 0 spiro atoms. The van der Waals surface area contributed by atoms with E-state index in [4.69, 9.17) is 24.7 Å². The third kappa shape index (κ3) is 14.3. The average Bonchev–Trinajstić information content (AvgIpc) is 3.19. The van der Waals surface area contributed by atoms with Gasteiger partial charge in [0.1, 0.15) is 11.9 Å². The van der Waals surface area contributed by atoms with Crippen LogP contribution in [0.2, 0.25) is 0 Å². The Morgan fingerprint density at radius 1 is 1.00 bits per heavy atom. The molecule has 14 nitrogen and oxygen atoms in total. The summed E-state index contributed by atoms with van der Waals surface area (Å²) in [7, 11) is 4.50. The Bertz CT molecular complexity index is 1810. The van der Waals surface area contributed by atoms with Crippen molar-refractivity contribution in [3.8, 4) is 5.75 Å². The second-order valence-corrected chi connectivity index (χ2v) is 14.6. The summed E-state index contributed by atoms with van der Waals surface area (Å²) in [6, 6.07) is 7.43. The SMILES string of the molecule is COc1ccccc1/C=C/C(=O)NCCCCCCNC1=C2C[C@@H](C)C[C@H](OC)[C@H](O)[C@@H](C)/C=C(\C)[C@H](OC(N)=O)[C@@H](OC)/C=C\C=C(/C)C(=O)NC(=CC1=O)C2=O. The molecule has 2 aliphatic rings. The molecular weight excluding hydrogens is 745 g/mol. The zero-order valence-corrected chi connectivity index (χ0v) is 34.7. The number of hydrogen-bond acceptors (Lipinski definition) is 11. The van der Waals surface area contributed by atoms with E-state index in [9.17, 15) is 29.1 Å². The molecule has 2 bridgehead atoms. The molecule has 6 atom stereocenters. The number of hydrogen-bond donors (Lipinski definition) is 5. The summed E-state index contributed by atoms with van der Waals surface area (Å²) in [5.41, 5.74) is 7.28. The van der Waals surface area contributed by atoms with Gasteiger partial charge in [-0.05, 0) is 63.2 Å². The van der Waals surface area contributed by atoms with Crippen molar-refractivity contribution >= 4 is 35.6 Å². The molecule has 1 aromatic rings. The number of benzene rings is 1. The van der Waals surface area contributed by atoms with Crippen LogP contribution in [0.15, 0.2) is 88.8 Å². The number of aliphatic hydroxyl groups is 1. The number of aliphatic hydroxyl groups excluding tert-OH is 1. The fourth-order valence-electron chi connectivity index (χ4n) is 6.84. The van der Waals surface area contributed by atoms with Gasteiger partial charge in [0.25, 0.3) is 5.91 Å². The van der Waals surface area contributed by atoms with Crippen LogP contribution < -0.4 is 26.4 Å². The Balaban J connectivity index is 1.74. The number of carbonyl (C=O) groups is 5. The lowest BCUT2D eigenvalue weighted by Gasteiger charge is -2.30. The molecular formula is C44H60N4O10. The Kier molecular flexibility index (Phi) is 19.3. The van der Waals surface area contributed by atoms with Gasteiger partial charge in [-0.1, -0.05) is 69.2 Å². The Labute approximate surface area is 341 Å². The summed E-state index contributed by atoms with van der Waals surface area (Å²) in [6.07, 6.45) is 9.96. The number of rotatable bonds is 14. The predicted octanol–water partition coefficient (Wildman–Crippen LogP) is 4.75. The van der Waals surface area contributed by atoms with Gasteiger partial charge >= 0.3 is 6.09 Å². The van der Waals surface area contributed by atoms with Crippen molar-refractivity contribution in [1.29, 1.82) is 0 Å². The highest BCUT2D eigenvalue weighted by Crippen LogP contribution is 2.29. The van der Waals surface area contributed by atoms with Crippen molar-refractivity contribution in [3.63, 3.8) is 0 Å². The number of methoxy groups -OCH3 is 3. The van der Waals surface area contributed by atoms with Gasteiger partial charge in [0, 0.05) is 62.1 Å². The Hall–Kier alpha value is -5.31. The van der Waals surface area contributed by atoms with Crippen molar-refractivity contribution in [1.82, 2.24) is 16.0 Å². The highest BCUT2D eigenvalue weighted by molar-refractivity contribution is 6.23. The number of nitrogens with two attached hydrogens (primary N) is 1. The largest absolute Gasteiger partial charge is 0.496 e. The maximum Gasteiger partial charge on any atom is 0.405 e. The second kappa shape index (κ2) is 23.8. The monoisotopic (exact) mass is 804 g/mol. The number of carbonyl (C=O) groups excluding carboxylic acids is 5. The van der Waals surface area contributed by atoms with E-state index >= 15 is 0 Å². The van der Waals surface area contributed by atoms with Crippen molar-refractivity contribution in [3.05, 3.63) is 94.4 Å². The lowest BCUT2D eigenvalue weighted by Crippen LogP contribution is -2.38. The summed E-state index contributed by atoms with van der Waals surface area (Å²) in [6.45, 7) is 7.93. The van der Waals surface area contributed by atoms with Gasteiger partial charge in [-0.2, -0.15) is 0 Å². The first-order chi connectivity index (χ1) is 27.7. The summed E-state index contributed by atoms with van der Waals surface area (Å²) < 4.78 is 22.1. The molecule has 1 aliphatic heterocycles. The fourth-order valence-corrected chi connectivity index (χ4v) is 6.84. The molecule has 0 unspecified atom stereocenters. The Morgan fingerprint density at radius 2 is 1.71 bits per heavy atom. The van der Waals surface area contributed by atoms with Gasteiger partial charge in [-0.15, -0.1) is 0 Å². The number of Topliss-reactive ketones (excluding diaryl/α,β-unsaturated/α-hetero) is 1. The Morgan fingerprint density at radius 3 is 2.38 bits per heavy atom. The molecule has 316 valence electrons. The lowest BCUT2D eigenvalue weighted by atomic mass is 9.85. The third-order valence-electron chi connectivity index (χ3n) is 10.1. The molecule has 0 radical (unpaired) electrons. The van der Waals surface area contributed by atoms with E-state index in [1.165, 1.54) is 26.4 Å². The van der Waals surface area contributed by atoms with Crippen LogP contribution in [-0.2, 0) is 33.4 Å². The quantitative estimate of drug-likeness (QED) is 0.0752. The first kappa shape index (κ1) is 47.1. The summed E-state index contributed by atoms with van der Waals surface area (Å²) in [4.78, 5) is 65.0. The third-order valence-corrected chi connectivity index (χ3v) is 10.1. The van der Waals surface area contributed by atoms with E-state index in [-0.39, 0.29) is 40.8 Å². The summed E-state index contributed by atoms with van der Waals surface area (Å²) >= 11 is 0. The highest BCUT2D eigenvalue weighted by Gasteiger charge is 2.33. The predicted molar refractivity (Wildman–Crippen MR) is 221 cm³/mol. The van der Waals surface area contributed by atoms with Crippen LogP contribution in [0.25, 0.3) is 6.08 Å². The van der Waals surface area contributed by atoms with Gasteiger partial charge in [-0.25, -0.2) is 4.79 Å². The summed E-state index contributed by atoms with van der Waals surface area (Å²) in [5.74, 6) is -1.73. The minimum Gasteiger partial charge on any atom is -0.496 e. The van der Waals surface area contributed by atoms with Crippen molar-refractivity contribution in [2.45, 2.75) is 90.6 Å². The molecule has 58 heavy (non-hydrogen) atoms. The van der Waals surface area contributed by atoms with Crippen LogP contribution >= 0.6 is 0 Å². The van der Waals surface area contributed by atoms with Crippen LogP contribution in [-0.4, -0.2) is 93.4 Å². The molecule has 6 N–H and O–H groups in total. The topological polar surface area (TPSA) is 205 Å². The standard InChI is InChI=1S/C44H60N4O10/c1-27-23-32-39(47-22-13-9-8-12-21-46-38(50)20-19-31-16-10-11-17-35(31)55-5)34(49)26-33(41(32)52)48-43(53)28(2)15-14-18-36(56-6)42(58-44(45)54)30(4)25-29(3)40(51)37(24-27)57-7/h10-11,14-20,25-27,29,36-37,40,42,47,51H,8-9,12-13,21-24H2,1-7H3,(H2,45,54)(H,46,50)(H,48,53)/b18-14-,20-19+,28-15+,30-25+/t27-,29+,36+,37+,40-,42+/m1/s1. The van der Waals surface area contributed by atoms with Crippen molar-refractivity contribution in [2.75, 3.05) is 34.4 Å². The first-order valence-electron chi connectivity index (χ1n) is 19.6. The zero-order chi connectivity index (χ0) is 42.8. The molecule has 1 aliphatic carbocycles. The van der Waals surface area contributed by atoms with E-state index in [0.29, 0.717) is 37.3 Å². The van der Waals surface area contributed by atoms with Gasteiger partial charge in [0.2, 0.25) is 17.5 Å². The number of amides is 3. The second-order valence-electron chi connectivity index (χ2n) is 14.6. The molecule has 0 saturated heterocycles. The van der Waals surface area contributed by atoms with Crippen LogP contribution in [0.1, 0.15) is 71.8 Å². The highest BCUT2D eigenvalue weighted by atomic mass is 16.6. The molecule has 3 rings (SSSR count). The number of allylic oxidation sites excluding steroid dienone is 4. The molecule has 3 amide bonds. The molecule has 0 fully saturated rings. The van der Waals surface area contributed by atoms with Crippen LogP contribution in [0.5, 0.6) is 5.75 Å². The summed E-state index contributed by atoms with van der Waals surface area (Å²) in [5, 5.41) is 20.1. The number of fused-ring (bicyclic) bond motifs is 2. The van der Waals surface area contributed by atoms with Crippen molar-refractivity contribution in [2.24, 2.45) is 17.6 Å². The molecule has 14 heteroatoms. The van der Waals surface area contributed by atoms with E-state index in [1.807, 2.05) is 31.2 Å². The van der Waals surface area contributed by atoms with E-state index in [0.717, 1.165) is 30.9 Å². The van der Waals surface area contributed by atoms with Gasteiger partial charge in [0.05, 0.1) is 30.7 Å². The number of ketones is 2. The van der Waals surface area contributed by atoms with Gasteiger partial charge in [0.15, 0.2) is 6.10 Å². The number of unbranched alkanes of at least 4 members (excludes halogenated alkanes) is 3. The smallest absolute Gasteiger partial charge is 0.405 e. The first-order valence-corrected chi connectivity index (χ1v) is 19.6. The van der Waals surface area contributed by atoms with Crippen molar-refractivity contribution < 1.29 is 48.0 Å². The number of ether oxygens (including phenoxy) is 4. The molecule has 1 aromatic carbocycles. The maximum atomic E-state index is 14.0. The van der Waals surface area contributed by atoms with Gasteiger partial charge < -0.3 is 45.7 Å². The van der Waals surface area contributed by atoms with E-state index in [1.54, 1.807) is 52.2 Å². The average molecular weight is 805 g/mol.